The van der Waals surface area contributed by atoms with E-state index >= 15 is 0 Å². The Morgan fingerprint density at radius 1 is 1.19 bits per heavy atom. The smallest absolute Gasteiger partial charge is 0.246 e. The number of halogens is 1. The maximum atomic E-state index is 12.8. The van der Waals surface area contributed by atoms with Gasteiger partial charge < -0.3 is 14.6 Å². The third-order valence-corrected chi connectivity index (χ3v) is 3.53. The van der Waals surface area contributed by atoms with Crippen molar-refractivity contribution in [2.45, 2.75) is 6.54 Å². The molecular weight excluding hydrogens is 337 g/mol. The number of hydrogen-bond acceptors (Lipinski definition) is 5. The second-order valence-electron chi connectivity index (χ2n) is 5.34. The van der Waals surface area contributed by atoms with Crippen LogP contribution in [0.2, 0.25) is 0 Å². The zero-order valence-corrected chi connectivity index (χ0v) is 14.0. The summed E-state index contributed by atoms with van der Waals surface area (Å²) in [5.74, 6) is 0.810. The summed E-state index contributed by atoms with van der Waals surface area (Å²) in [6.45, 7) is 0.107. The minimum absolute atomic E-state index is 0.107. The van der Waals surface area contributed by atoms with Crippen LogP contribution in [0.15, 0.2) is 59.1 Å². The van der Waals surface area contributed by atoms with Crippen molar-refractivity contribution in [2.24, 2.45) is 0 Å². The van der Waals surface area contributed by atoms with E-state index in [2.05, 4.69) is 15.5 Å². The Balaban J connectivity index is 1.55. The molecule has 3 rings (SSSR count). The molecule has 1 heterocycles. The summed E-state index contributed by atoms with van der Waals surface area (Å²) in [6.07, 6.45) is 2.94. The van der Waals surface area contributed by atoms with Gasteiger partial charge in [-0.25, -0.2) is 4.39 Å². The summed E-state index contributed by atoms with van der Waals surface area (Å²) < 4.78 is 23.1. The fourth-order valence-corrected chi connectivity index (χ4v) is 2.15. The highest BCUT2D eigenvalue weighted by Gasteiger charge is 2.09. The Morgan fingerprint density at radius 3 is 2.62 bits per heavy atom. The first kappa shape index (κ1) is 17.3. The van der Waals surface area contributed by atoms with E-state index in [1.165, 1.54) is 18.2 Å². The largest absolute Gasteiger partial charge is 0.497 e. The lowest BCUT2D eigenvalue weighted by molar-refractivity contribution is -0.116. The number of aromatic nitrogens is 2. The first-order valence-electron chi connectivity index (χ1n) is 7.82. The number of carbonyl (C=O) groups excluding carboxylic acids is 1. The molecule has 0 aliphatic heterocycles. The van der Waals surface area contributed by atoms with Crippen LogP contribution in [0, 0.1) is 5.82 Å². The van der Waals surface area contributed by atoms with Crippen molar-refractivity contribution < 1.29 is 18.4 Å². The molecule has 1 amide bonds. The molecule has 0 aliphatic rings. The summed E-state index contributed by atoms with van der Waals surface area (Å²) in [5.41, 5.74) is 1.50. The summed E-state index contributed by atoms with van der Waals surface area (Å²) in [4.78, 5) is 16.1. The van der Waals surface area contributed by atoms with Crippen molar-refractivity contribution in [1.82, 2.24) is 15.5 Å². The number of amides is 1. The molecule has 0 bridgehead atoms. The summed E-state index contributed by atoms with van der Waals surface area (Å²) >= 11 is 0. The van der Waals surface area contributed by atoms with Crippen LogP contribution in [0.25, 0.3) is 17.5 Å². The van der Waals surface area contributed by atoms with Crippen LogP contribution in [-0.4, -0.2) is 23.2 Å². The van der Waals surface area contributed by atoms with Crippen molar-refractivity contribution in [1.29, 1.82) is 0 Å². The topological polar surface area (TPSA) is 77.3 Å². The predicted octanol–water partition coefficient (Wildman–Crippen LogP) is 3.21. The third-order valence-electron chi connectivity index (χ3n) is 3.53. The Morgan fingerprint density at radius 2 is 1.92 bits per heavy atom. The Kier molecular flexibility index (Phi) is 5.38. The minimum Gasteiger partial charge on any atom is -0.497 e. The lowest BCUT2D eigenvalue weighted by atomic mass is 10.2. The lowest BCUT2D eigenvalue weighted by Crippen LogP contribution is -2.20. The molecule has 0 fully saturated rings. The molecule has 6 nitrogen and oxygen atoms in total. The fraction of sp³-hybridized carbons (Fsp3) is 0.105. The van der Waals surface area contributed by atoms with Gasteiger partial charge in [0, 0.05) is 11.6 Å². The quantitative estimate of drug-likeness (QED) is 0.689. The van der Waals surface area contributed by atoms with Crippen LogP contribution < -0.4 is 10.1 Å². The number of nitrogens with one attached hydrogen (secondary N) is 1. The molecule has 7 heteroatoms. The molecule has 0 saturated carbocycles. The maximum absolute atomic E-state index is 12.8. The van der Waals surface area contributed by atoms with E-state index in [1.807, 2.05) is 12.1 Å². The number of ether oxygens (including phenoxy) is 1. The number of hydrogen-bond donors (Lipinski definition) is 1. The maximum Gasteiger partial charge on any atom is 0.246 e. The standard InChI is InChI=1S/C19H16FN3O3/c1-25-16-9-5-14(6-10-16)19-22-18(26-23-19)12-21-17(24)11-4-13-2-7-15(20)8-3-13/h2-11H,12H2,1H3,(H,21,24)/b11-4+. The van der Waals surface area contributed by atoms with Crippen LogP contribution in [0.5, 0.6) is 5.75 Å². The highest BCUT2D eigenvalue weighted by Crippen LogP contribution is 2.19. The van der Waals surface area contributed by atoms with E-state index in [-0.39, 0.29) is 18.3 Å². The van der Waals surface area contributed by atoms with E-state index in [0.29, 0.717) is 11.7 Å². The normalized spacial score (nSPS) is 10.8. The molecule has 1 N–H and O–H groups in total. The molecule has 26 heavy (non-hydrogen) atoms. The zero-order chi connectivity index (χ0) is 18.4. The lowest BCUT2D eigenvalue weighted by Gasteiger charge is -1.99. The molecule has 0 spiro atoms. The van der Waals surface area contributed by atoms with Crippen LogP contribution in [0.1, 0.15) is 11.5 Å². The molecule has 132 valence electrons. The molecule has 0 saturated heterocycles. The number of carbonyl (C=O) groups is 1. The SMILES string of the molecule is COc1ccc(-c2noc(CNC(=O)/C=C/c3ccc(F)cc3)n2)cc1. The van der Waals surface area contributed by atoms with Crippen LogP contribution in [0.4, 0.5) is 4.39 Å². The monoisotopic (exact) mass is 353 g/mol. The van der Waals surface area contributed by atoms with Crippen LogP contribution in [0.3, 0.4) is 0 Å². The number of rotatable bonds is 6. The van der Waals surface area contributed by atoms with Crippen molar-refractivity contribution in [3.05, 3.63) is 71.9 Å². The van der Waals surface area contributed by atoms with Crippen molar-refractivity contribution in [3.63, 3.8) is 0 Å². The predicted molar refractivity (Wildman–Crippen MR) is 93.6 cm³/mol. The number of nitrogens with zero attached hydrogens (tertiary/aromatic N) is 2. The molecule has 1 aromatic heterocycles. The van der Waals surface area contributed by atoms with Gasteiger partial charge in [-0.05, 0) is 48.0 Å². The molecule has 3 aromatic rings. The van der Waals surface area contributed by atoms with Gasteiger partial charge in [0.1, 0.15) is 11.6 Å². The summed E-state index contributed by atoms with van der Waals surface area (Å²) in [5, 5.41) is 6.54. The average Bonchev–Trinajstić information content (AvgIpc) is 3.15. The van der Waals surface area contributed by atoms with Gasteiger partial charge in [0.25, 0.3) is 0 Å². The highest BCUT2D eigenvalue weighted by molar-refractivity contribution is 5.91. The van der Waals surface area contributed by atoms with E-state index < -0.39 is 0 Å². The second-order valence-corrected chi connectivity index (χ2v) is 5.34. The van der Waals surface area contributed by atoms with Crippen molar-refractivity contribution in [3.8, 4) is 17.1 Å². The van der Waals surface area contributed by atoms with Gasteiger partial charge in [0.15, 0.2) is 0 Å². The second kappa shape index (κ2) is 8.06. The molecule has 0 radical (unpaired) electrons. The minimum atomic E-state index is -0.323. The van der Waals surface area contributed by atoms with Crippen LogP contribution >= 0.6 is 0 Å². The van der Waals surface area contributed by atoms with Gasteiger partial charge >= 0.3 is 0 Å². The Labute approximate surface area is 149 Å². The number of methoxy groups -OCH3 is 1. The molecule has 0 atom stereocenters. The van der Waals surface area contributed by atoms with Crippen LogP contribution in [-0.2, 0) is 11.3 Å². The first-order chi connectivity index (χ1) is 12.6. The summed E-state index contributed by atoms with van der Waals surface area (Å²) in [7, 11) is 1.59. The van der Waals surface area contributed by atoms with Crippen molar-refractivity contribution >= 4 is 12.0 Å². The van der Waals surface area contributed by atoms with Gasteiger partial charge in [0.05, 0.1) is 13.7 Å². The van der Waals surface area contributed by atoms with Gasteiger partial charge in [0.2, 0.25) is 17.6 Å². The Bertz CT molecular complexity index is 903. The number of benzene rings is 2. The van der Waals surface area contributed by atoms with Gasteiger partial charge in [-0.3, -0.25) is 4.79 Å². The molecule has 0 unspecified atom stereocenters. The summed E-state index contributed by atoms with van der Waals surface area (Å²) in [6, 6.07) is 13.1. The molecular formula is C19H16FN3O3. The molecule has 2 aromatic carbocycles. The molecule has 0 aliphatic carbocycles. The van der Waals surface area contributed by atoms with Gasteiger partial charge in [-0.1, -0.05) is 17.3 Å². The zero-order valence-electron chi connectivity index (χ0n) is 14.0. The average molecular weight is 353 g/mol. The van der Waals surface area contributed by atoms with Gasteiger partial charge in [-0.15, -0.1) is 0 Å². The third kappa shape index (κ3) is 4.54. The van der Waals surface area contributed by atoms with E-state index in [9.17, 15) is 9.18 Å². The Hall–Kier alpha value is -3.48. The first-order valence-corrected chi connectivity index (χ1v) is 7.82. The van der Waals surface area contributed by atoms with Crippen molar-refractivity contribution in [2.75, 3.05) is 7.11 Å². The van der Waals surface area contributed by atoms with E-state index in [0.717, 1.165) is 16.9 Å². The van der Waals surface area contributed by atoms with E-state index in [4.69, 9.17) is 9.26 Å². The van der Waals surface area contributed by atoms with E-state index in [1.54, 1.807) is 37.5 Å². The fourth-order valence-electron chi connectivity index (χ4n) is 2.15. The van der Waals surface area contributed by atoms with Gasteiger partial charge in [-0.2, -0.15) is 4.98 Å². The highest BCUT2D eigenvalue weighted by atomic mass is 19.1.